The summed E-state index contributed by atoms with van der Waals surface area (Å²) < 4.78 is 20.7. The number of hydrogen-bond donors (Lipinski definition) is 5. The first kappa shape index (κ1) is 49.9. The minimum absolute atomic E-state index is 0.0418. The van der Waals surface area contributed by atoms with Crippen LogP contribution in [0, 0.1) is 0 Å². The third kappa shape index (κ3) is 38.4. The first-order valence-electron chi connectivity index (χ1n) is 19.7. The Morgan fingerprint density at radius 3 is 1.42 bits per heavy atom. The summed E-state index contributed by atoms with van der Waals surface area (Å²) in [6, 6.07) is -1.09. The van der Waals surface area contributed by atoms with E-state index in [4.69, 9.17) is 29.2 Å². The number of carboxylic acids is 3. The Morgan fingerprint density at radius 2 is 0.906 bits per heavy atom. The summed E-state index contributed by atoms with van der Waals surface area (Å²) in [5.74, 6) is -3.62. The van der Waals surface area contributed by atoms with Crippen LogP contribution in [0.4, 0.5) is 0 Å². The number of carbonyl (C=O) groups is 6. The van der Waals surface area contributed by atoms with E-state index < -0.39 is 23.9 Å². The van der Waals surface area contributed by atoms with Crippen molar-refractivity contribution in [1.29, 1.82) is 0 Å². The highest BCUT2D eigenvalue weighted by molar-refractivity contribution is 5.84. The van der Waals surface area contributed by atoms with Gasteiger partial charge in [-0.2, -0.15) is 0 Å². The lowest BCUT2D eigenvalue weighted by Gasteiger charge is -2.14. The Bertz CT molecular complexity index is 980. The standard InChI is InChI=1S/C38H68N2O13/c41-32(18-17-24-50-26-28-52-30-35(43)39-23-25-51-27-29-53-31-37(46)47)21-22-33(38(48)49)40-34(42)19-15-13-11-9-7-5-3-1-2-4-6-8-10-12-14-16-20-36(44)45/h33H,1-31H2,(H,39,43)(H,40,42)(H,44,45)(H,46,47)(H,48,49)/t33-/m0/s1. The third-order valence-electron chi connectivity index (χ3n) is 8.41. The minimum atomic E-state index is -1.15. The number of nitrogens with one attached hydrogen (secondary N) is 2. The summed E-state index contributed by atoms with van der Waals surface area (Å²) in [6.07, 6.45) is 19.3. The molecule has 0 aliphatic rings. The molecule has 0 rings (SSSR count). The maximum atomic E-state index is 12.3. The summed E-state index contributed by atoms with van der Waals surface area (Å²) in [5.41, 5.74) is 0. The van der Waals surface area contributed by atoms with Crippen molar-refractivity contribution in [2.45, 2.75) is 147 Å². The van der Waals surface area contributed by atoms with Gasteiger partial charge in [0.2, 0.25) is 11.8 Å². The van der Waals surface area contributed by atoms with Crippen molar-refractivity contribution in [3.8, 4) is 0 Å². The molecule has 0 unspecified atom stereocenters. The summed E-state index contributed by atoms with van der Waals surface area (Å²) in [4.78, 5) is 68.7. The largest absolute Gasteiger partial charge is 0.481 e. The molecule has 0 heterocycles. The lowest BCUT2D eigenvalue weighted by molar-refractivity contribution is -0.143. The van der Waals surface area contributed by atoms with E-state index in [1.165, 1.54) is 57.8 Å². The minimum Gasteiger partial charge on any atom is -0.481 e. The number of ketones is 1. The molecule has 0 aromatic rings. The molecule has 0 bridgehead atoms. The molecule has 5 N–H and O–H groups in total. The number of hydrogen-bond acceptors (Lipinski definition) is 10. The Kier molecular flexibility index (Phi) is 35.0. The molecular formula is C38H68N2O13. The summed E-state index contributed by atoms with van der Waals surface area (Å²) in [5, 5.41) is 31.8. The van der Waals surface area contributed by atoms with Crippen LogP contribution in [0.5, 0.6) is 0 Å². The molecule has 308 valence electrons. The number of unbranched alkanes of at least 4 members (excludes halogenated alkanes) is 15. The van der Waals surface area contributed by atoms with Gasteiger partial charge in [0, 0.05) is 38.8 Å². The number of carboxylic acid groups (broad SMARTS) is 3. The van der Waals surface area contributed by atoms with E-state index in [1.807, 2.05) is 0 Å². The Balaban J connectivity index is 3.64. The molecule has 2 amide bonds. The number of rotatable bonds is 41. The van der Waals surface area contributed by atoms with E-state index in [0.717, 1.165) is 38.5 Å². The number of amides is 2. The van der Waals surface area contributed by atoms with Gasteiger partial charge in [0.25, 0.3) is 0 Å². The number of ether oxygens (including phenoxy) is 4. The first-order chi connectivity index (χ1) is 25.6. The molecule has 0 radical (unpaired) electrons. The quantitative estimate of drug-likeness (QED) is 0.0515. The molecule has 0 aromatic heterocycles. The zero-order valence-electron chi connectivity index (χ0n) is 31.9. The van der Waals surface area contributed by atoms with Gasteiger partial charge in [0.15, 0.2) is 0 Å². The smallest absolute Gasteiger partial charge is 0.329 e. The fourth-order valence-electron chi connectivity index (χ4n) is 5.44. The van der Waals surface area contributed by atoms with Gasteiger partial charge < -0.3 is 44.9 Å². The summed E-state index contributed by atoms with van der Waals surface area (Å²) in [6.45, 7) is 1.13. The highest BCUT2D eigenvalue weighted by Gasteiger charge is 2.20. The molecule has 0 fully saturated rings. The predicted molar refractivity (Wildman–Crippen MR) is 198 cm³/mol. The second-order valence-electron chi connectivity index (χ2n) is 13.3. The van der Waals surface area contributed by atoms with Gasteiger partial charge in [0.05, 0.1) is 33.0 Å². The van der Waals surface area contributed by atoms with Crippen molar-refractivity contribution in [1.82, 2.24) is 10.6 Å². The second-order valence-corrected chi connectivity index (χ2v) is 13.3. The van der Waals surface area contributed by atoms with Crippen LogP contribution < -0.4 is 10.6 Å². The Morgan fingerprint density at radius 1 is 0.434 bits per heavy atom. The third-order valence-corrected chi connectivity index (χ3v) is 8.41. The van der Waals surface area contributed by atoms with E-state index in [9.17, 15) is 33.9 Å². The molecule has 1 atom stereocenters. The zero-order valence-corrected chi connectivity index (χ0v) is 31.9. The molecule has 15 nitrogen and oxygen atoms in total. The van der Waals surface area contributed by atoms with E-state index in [0.29, 0.717) is 19.4 Å². The topological polar surface area (TPSA) is 224 Å². The fourth-order valence-corrected chi connectivity index (χ4v) is 5.44. The van der Waals surface area contributed by atoms with E-state index in [1.54, 1.807) is 0 Å². The molecule has 15 heteroatoms. The van der Waals surface area contributed by atoms with Crippen LogP contribution in [0.1, 0.15) is 141 Å². The Hall–Kier alpha value is -3.14. The number of aliphatic carboxylic acids is 3. The van der Waals surface area contributed by atoms with Crippen molar-refractivity contribution in [3.63, 3.8) is 0 Å². The van der Waals surface area contributed by atoms with Crippen molar-refractivity contribution in [2.75, 3.05) is 59.4 Å². The van der Waals surface area contributed by atoms with E-state index in [-0.39, 0.29) is 102 Å². The molecule has 0 aromatic carbocycles. The highest BCUT2D eigenvalue weighted by atomic mass is 16.5. The lowest BCUT2D eigenvalue weighted by atomic mass is 10.0. The maximum absolute atomic E-state index is 12.3. The number of Topliss-reactive ketones (excluding diaryl/α,β-unsaturated/α-hetero) is 1. The SMILES string of the molecule is O=C(O)CCCCCCCCCCCCCCCCCCC(=O)N[C@@H](CCC(=O)CCCOCCOCC(=O)NCCOCCOCC(=O)O)C(=O)O. The first-order valence-corrected chi connectivity index (χ1v) is 19.7. The Labute approximate surface area is 315 Å². The van der Waals surface area contributed by atoms with E-state index >= 15 is 0 Å². The van der Waals surface area contributed by atoms with E-state index in [2.05, 4.69) is 10.6 Å². The maximum Gasteiger partial charge on any atom is 0.329 e. The molecule has 0 saturated heterocycles. The molecule has 0 saturated carbocycles. The molecule has 53 heavy (non-hydrogen) atoms. The zero-order chi connectivity index (χ0) is 39.2. The van der Waals surface area contributed by atoms with Gasteiger partial charge in [0.1, 0.15) is 25.0 Å². The van der Waals surface area contributed by atoms with Gasteiger partial charge in [-0.05, 0) is 25.7 Å². The van der Waals surface area contributed by atoms with Gasteiger partial charge in [-0.1, -0.05) is 89.9 Å². The van der Waals surface area contributed by atoms with Crippen LogP contribution in [0.15, 0.2) is 0 Å². The summed E-state index contributed by atoms with van der Waals surface area (Å²) >= 11 is 0. The van der Waals surface area contributed by atoms with Gasteiger partial charge in [-0.25, -0.2) is 9.59 Å². The molecule has 0 aliphatic carbocycles. The molecule has 0 spiro atoms. The van der Waals surface area contributed by atoms with Crippen molar-refractivity contribution in [3.05, 3.63) is 0 Å². The summed E-state index contributed by atoms with van der Waals surface area (Å²) in [7, 11) is 0. The van der Waals surface area contributed by atoms with Crippen molar-refractivity contribution >= 4 is 35.5 Å². The van der Waals surface area contributed by atoms with Crippen LogP contribution in [0.2, 0.25) is 0 Å². The lowest BCUT2D eigenvalue weighted by Crippen LogP contribution is -2.41. The van der Waals surface area contributed by atoms with Crippen LogP contribution in [-0.4, -0.2) is 116 Å². The predicted octanol–water partition coefficient (Wildman–Crippen LogP) is 5.06. The second kappa shape index (κ2) is 37.2. The van der Waals surface area contributed by atoms with Crippen LogP contribution in [0.25, 0.3) is 0 Å². The molecular weight excluding hydrogens is 692 g/mol. The van der Waals surface area contributed by atoms with Crippen molar-refractivity contribution in [2.24, 2.45) is 0 Å². The monoisotopic (exact) mass is 760 g/mol. The fraction of sp³-hybridized carbons (Fsp3) is 0.842. The van der Waals surface area contributed by atoms with Gasteiger partial charge in [-0.15, -0.1) is 0 Å². The van der Waals surface area contributed by atoms with Crippen LogP contribution >= 0.6 is 0 Å². The average Bonchev–Trinajstić information content (AvgIpc) is 3.11. The average molecular weight is 761 g/mol. The normalized spacial score (nSPS) is 11.6. The highest BCUT2D eigenvalue weighted by Crippen LogP contribution is 2.14. The van der Waals surface area contributed by atoms with Crippen LogP contribution in [-0.2, 0) is 47.7 Å². The van der Waals surface area contributed by atoms with Gasteiger partial charge in [-0.3, -0.25) is 19.2 Å². The molecule has 0 aliphatic heterocycles. The number of carbonyl (C=O) groups excluding carboxylic acids is 3. The van der Waals surface area contributed by atoms with Crippen LogP contribution in [0.3, 0.4) is 0 Å². The van der Waals surface area contributed by atoms with Crippen molar-refractivity contribution < 1.29 is 63.0 Å². The van der Waals surface area contributed by atoms with Gasteiger partial charge >= 0.3 is 17.9 Å².